The highest BCUT2D eigenvalue weighted by Gasteiger charge is 2.32. The van der Waals surface area contributed by atoms with Crippen LogP contribution in [0.3, 0.4) is 0 Å². The number of halogens is 4. The molecule has 2 aromatic rings. The van der Waals surface area contributed by atoms with Crippen LogP contribution in [-0.2, 0) is 0 Å². The number of nitrogens with one attached hydrogen (secondary N) is 1. The Hall–Kier alpha value is -1.90. The molecule has 23 heavy (non-hydrogen) atoms. The number of nitrogens with two attached hydrogens (primary N) is 1. The maximum absolute atomic E-state index is 14.0. The zero-order valence-electron chi connectivity index (χ0n) is 10.9. The van der Waals surface area contributed by atoms with E-state index in [1.807, 2.05) is 5.32 Å². The molecule has 3 rings (SSSR count). The van der Waals surface area contributed by atoms with Crippen LogP contribution in [-0.4, -0.2) is 16.4 Å². The molecule has 0 fully saturated rings. The van der Waals surface area contributed by atoms with Gasteiger partial charge in [-0.15, -0.1) is 0 Å². The molecule has 10 heteroatoms. The molecule has 118 valence electrons. The summed E-state index contributed by atoms with van der Waals surface area (Å²) < 4.78 is 15.0. The molecule has 0 saturated heterocycles. The zero-order valence-corrected chi connectivity index (χ0v) is 14.0. The summed E-state index contributed by atoms with van der Waals surface area (Å²) in [6.07, 6.45) is 0. The third kappa shape index (κ3) is 2.25. The number of anilines is 1. The van der Waals surface area contributed by atoms with Gasteiger partial charge in [0.05, 0.1) is 21.8 Å². The van der Waals surface area contributed by atoms with E-state index in [0.29, 0.717) is 0 Å². The number of hydrogen-bond acceptors (Lipinski definition) is 4. The van der Waals surface area contributed by atoms with Crippen molar-refractivity contribution in [3.05, 3.63) is 53.9 Å². The largest absolute Gasteiger partial charge is 0.384 e. The van der Waals surface area contributed by atoms with Crippen molar-refractivity contribution in [3.8, 4) is 5.69 Å². The number of nitrogen functional groups attached to an aromatic ring is 1. The second-order valence-corrected chi connectivity index (χ2v) is 6.23. The van der Waals surface area contributed by atoms with E-state index >= 15 is 0 Å². The molecule has 0 bridgehead atoms. The third-order valence-electron chi connectivity index (χ3n) is 3.27. The van der Waals surface area contributed by atoms with Gasteiger partial charge in [0.15, 0.2) is 5.82 Å². The first-order chi connectivity index (χ1) is 10.7. The fourth-order valence-corrected chi connectivity index (χ4v) is 3.66. The van der Waals surface area contributed by atoms with Crippen molar-refractivity contribution in [3.63, 3.8) is 0 Å². The average Bonchev–Trinajstić information content (AvgIpc) is 2.74. The lowest BCUT2D eigenvalue weighted by molar-refractivity contribution is 0.0880. The van der Waals surface area contributed by atoms with Crippen molar-refractivity contribution in [2.75, 3.05) is 5.73 Å². The summed E-state index contributed by atoms with van der Waals surface area (Å²) in [6.45, 7) is 0. The van der Waals surface area contributed by atoms with Gasteiger partial charge in [-0.05, 0) is 22.0 Å². The Morgan fingerprint density at radius 2 is 1.83 bits per heavy atom. The number of aromatic nitrogens is 1. The van der Waals surface area contributed by atoms with Crippen LogP contribution in [0.15, 0.2) is 21.4 Å². The van der Waals surface area contributed by atoms with Crippen molar-refractivity contribution in [1.29, 1.82) is 0 Å². The summed E-state index contributed by atoms with van der Waals surface area (Å²) >= 11 is 14.7. The average molecular weight is 421 g/mol. The van der Waals surface area contributed by atoms with E-state index in [1.165, 1.54) is 6.07 Å². The van der Waals surface area contributed by atoms with Crippen molar-refractivity contribution in [2.24, 2.45) is 0 Å². The summed E-state index contributed by atoms with van der Waals surface area (Å²) in [7, 11) is 0. The second kappa shape index (κ2) is 5.33. The summed E-state index contributed by atoms with van der Waals surface area (Å²) in [5.74, 6) is -2.76. The Morgan fingerprint density at radius 1 is 1.17 bits per heavy atom. The first-order valence-corrected chi connectivity index (χ1v) is 7.53. The van der Waals surface area contributed by atoms with E-state index in [4.69, 9.17) is 28.9 Å². The predicted molar refractivity (Wildman–Crippen MR) is 85.9 cm³/mol. The molecule has 2 amide bonds. The molecule has 1 aromatic carbocycles. The predicted octanol–water partition coefficient (Wildman–Crippen LogP) is 2.51. The van der Waals surface area contributed by atoms with Crippen LogP contribution in [0.5, 0.6) is 0 Å². The molecule has 3 N–H and O–H groups in total. The molecule has 0 aliphatic carbocycles. The Kier molecular flexibility index (Phi) is 3.70. The van der Waals surface area contributed by atoms with Crippen LogP contribution < -0.4 is 16.6 Å². The Bertz CT molecular complexity index is 974. The summed E-state index contributed by atoms with van der Waals surface area (Å²) in [5.41, 5.74) is 4.67. The number of hydrogen-bond donors (Lipinski definition) is 2. The molecule has 1 aromatic heterocycles. The van der Waals surface area contributed by atoms with Gasteiger partial charge >= 0.3 is 0 Å². The lowest BCUT2D eigenvalue weighted by atomic mass is 10.1. The quantitative estimate of drug-likeness (QED) is 0.421. The molecule has 0 unspecified atom stereocenters. The maximum atomic E-state index is 14.0. The zero-order chi connectivity index (χ0) is 17.0. The SMILES string of the molecule is Nc1c2c(cc(=O)n1-c1c(Br)cc(Cl)c(F)c1Cl)C(=O)NC2=O. The number of fused-ring (bicyclic) bond motifs is 1. The normalized spacial score (nSPS) is 13.2. The number of carbonyl (C=O) groups excluding carboxylic acids is 2. The van der Waals surface area contributed by atoms with E-state index in [1.54, 1.807) is 0 Å². The summed E-state index contributed by atoms with van der Waals surface area (Å²) in [4.78, 5) is 35.7. The number of imide groups is 1. The Morgan fingerprint density at radius 3 is 2.48 bits per heavy atom. The van der Waals surface area contributed by atoms with Crippen molar-refractivity contribution in [1.82, 2.24) is 9.88 Å². The van der Waals surface area contributed by atoms with Crippen LogP contribution in [0.2, 0.25) is 10.0 Å². The second-order valence-electron chi connectivity index (χ2n) is 4.59. The maximum Gasteiger partial charge on any atom is 0.262 e. The number of carbonyl (C=O) groups is 2. The first-order valence-electron chi connectivity index (χ1n) is 5.98. The van der Waals surface area contributed by atoms with E-state index in [9.17, 15) is 18.8 Å². The fraction of sp³-hybridized carbons (Fsp3) is 0. The van der Waals surface area contributed by atoms with E-state index in [-0.39, 0.29) is 32.1 Å². The van der Waals surface area contributed by atoms with Gasteiger partial charge in [-0.25, -0.2) is 4.39 Å². The van der Waals surface area contributed by atoms with Crippen LogP contribution in [0, 0.1) is 5.82 Å². The Labute approximate surface area is 146 Å². The highest BCUT2D eigenvalue weighted by Crippen LogP contribution is 2.36. The number of pyridine rings is 1. The van der Waals surface area contributed by atoms with Gasteiger partial charge in [-0.2, -0.15) is 0 Å². The minimum Gasteiger partial charge on any atom is -0.384 e. The van der Waals surface area contributed by atoms with Crippen molar-refractivity contribution < 1.29 is 14.0 Å². The molecular formula is C13H5BrCl2FN3O3. The summed E-state index contributed by atoms with van der Waals surface area (Å²) in [5, 5.41) is 1.31. The van der Waals surface area contributed by atoms with Gasteiger partial charge < -0.3 is 5.73 Å². The third-order valence-corrected chi connectivity index (χ3v) is 4.49. The molecule has 2 heterocycles. The van der Waals surface area contributed by atoms with Crippen LogP contribution in [0.4, 0.5) is 10.2 Å². The monoisotopic (exact) mass is 419 g/mol. The van der Waals surface area contributed by atoms with E-state index < -0.39 is 28.2 Å². The lowest BCUT2D eigenvalue weighted by Crippen LogP contribution is -2.24. The van der Waals surface area contributed by atoms with Gasteiger partial charge in [0.1, 0.15) is 10.8 Å². The molecule has 1 aliphatic rings. The van der Waals surface area contributed by atoms with Crippen LogP contribution in [0.25, 0.3) is 5.69 Å². The smallest absolute Gasteiger partial charge is 0.262 e. The summed E-state index contributed by atoms with van der Waals surface area (Å²) in [6, 6.07) is 2.13. The lowest BCUT2D eigenvalue weighted by Gasteiger charge is -2.15. The van der Waals surface area contributed by atoms with Gasteiger partial charge in [0.2, 0.25) is 0 Å². The standard InChI is InChI=1S/C13H5BrCl2FN3O3/c14-4-2-5(15)9(17)8(16)10(4)20-6(21)1-3-7(11(20)18)13(23)19-12(3)22/h1-2H,18H2,(H,19,22,23). The molecule has 0 saturated carbocycles. The van der Waals surface area contributed by atoms with E-state index in [0.717, 1.165) is 10.6 Å². The van der Waals surface area contributed by atoms with Crippen LogP contribution in [0.1, 0.15) is 20.7 Å². The van der Waals surface area contributed by atoms with E-state index in [2.05, 4.69) is 15.9 Å². The van der Waals surface area contributed by atoms with Gasteiger partial charge in [0, 0.05) is 10.5 Å². The minimum atomic E-state index is -0.946. The molecule has 0 radical (unpaired) electrons. The molecule has 0 atom stereocenters. The van der Waals surface area contributed by atoms with Crippen molar-refractivity contribution >= 4 is 56.8 Å². The Balaban J connectivity index is 2.43. The number of amides is 2. The highest BCUT2D eigenvalue weighted by atomic mass is 79.9. The topological polar surface area (TPSA) is 94.2 Å². The fourth-order valence-electron chi connectivity index (χ4n) is 2.27. The number of rotatable bonds is 1. The van der Waals surface area contributed by atoms with Crippen LogP contribution >= 0.6 is 39.1 Å². The van der Waals surface area contributed by atoms with Gasteiger partial charge in [-0.3, -0.25) is 24.3 Å². The first kappa shape index (κ1) is 16.0. The van der Waals surface area contributed by atoms with Gasteiger partial charge in [0.25, 0.3) is 17.4 Å². The molecular weight excluding hydrogens is 416 g/mol. The number of nitrogens with zero attached hydrogens (tertiary/aromatic N) is 1. The molecule has 0 spiro atoms. The van der Waals surface area contributed by atoms with Gasteiger partial charge in [-0.1, -0.05) is 23.2 Å². The number of benzene rings is 1. The minimum absolute atomic E-state index is 0.119. The molecule has 1 aliphatic heterocycles. The highest BCUT2D eigenvalue weighted by molar-refractivity contribution is 9.10. The van der Waals surface area contributed by atoms with Crippen molar-refractivity contribution in [2.45, 2.75) is 0 Å². The molecule has 6 nitrogen and oxygen atoms in total.